The van der Waals surface area contributed by atoms with E-state index in [0.29, 0.717) is 22.3 Å². The smallest absolute Gasteiger partial charge is 0.272 e. The summed E-state index contributed by atoms with van der Waals surface area (Å²) in [6.45, 7) is 1.92. The van der Waals surface area contributed by atoms with Crippen LogP contribution in [0.15, 0.2) is 47.4 Å². The van der Waals surface area contributed by atoms with Crippen LogP contribution in [-0.2, 0) is 11.2 Å². The maximum Gasteiger partial charge on any atom is 0.272 e. The topological polar surface area (TPSA) is 87.7 Å². The number of aryl methyl sites for hydroxylation is 1. The lowest BCUT2D eigenvalue weighted by Crippen LogP contribution is -2.19. The van der Waals surface area contributed by atoms with E-state index in [-0.39, 0.29) is 17.9 Å². The van der Waals surface area contributed by atoms with Gasteiger partial charge in [0.05, 0.1) is 17.5 Å². The average molecular weight is 294 g/mol. The molecule has 110 valence electrons. The van der Waals surface area contributed by atoms with Crippen LogP contribution in [0.3, 0.4) is 0 Å². The molecule has 0 spiro atoms. The van der Waals surface area contributed by atoms with E-state index >= 15 is 0 Å². The van der Waals surface area contributed by atoms with Crippen molar-refractivity contribution in [3.8, 4) is 0 Å². The van der Waals surface area contributed by atoms with Gasteiger partial charge in [0.2, 0.25) is 5.91 Å². The van der Waals surface area contributed by atoms with Crippen molar-refractivity contribution in [2.24, 2.45) is 0 Å². The highest BCUT2D eigenvalue weighted by molar-refractivity contribution is 5.94. The number of anilines is 1. The van der Waals surface area contributed by atoms with E-state index in [0.717, 1.165) is 5.56 Å². The Labute approximate surface area is 126 Å². The highest BCUT2D eigenvalue weighted by atomic mass is 16.1. The van der Waals surface area contributed by atoms with Crippen LogP contribution < -0.4 is 10.9 Å². The second-order valence-corrected chi connectivity index (χ2v) is 4.99. The van der Waals surface area contributed by atoms with Gasteiger partial charge in [0, 0.05) is 11.6 Å². The molecule has 6 nitrogen and oxygen atoms in total. The van der Waals surface area contributed by atoms with Gasteiger partial charge in [0.25, 0.3) is 5.56 Å². The predicted molar refractivity (Wildman–Crippen MR) is 83.7 cm³/mol. The minimum Gasteiger partial charge on any atom is -0.310 e. The summed E-state index contributed by atoms with van der Waals surface area (Å²) < 4.78 is 0. The Hall–Kier alpha value is -3.02. The fourth-order valence-electron chi connectivity index (χ4n) is 2.25. The number of fused-ring (bicyclic) bond motifs is 1. The van der Waals surface area contributed by atoms with Gasteiger partial charge in [-0.3, -0.25) is 9.59 Å². The van der Waals surface area contributed by atoms with E-state index in [4.69, 9.17) is 0 Å². The van der Waals surface area contributed by atoms with E-state index in [2.05, 4.69) is 20.5 Å². The van der Waals surface area contributed by atoms with Gasteiger partial charge in [-0.15, -0.1) is 0 Å². The number of carbonyl (C=O) groups excluding carboxylic acids is 1. The second kappa shape index (κ2) is 5.77. The van der Waals surface area contributed by atoms with Crippen LogP contribution in [0.25, 0.3) is 10.8 Å². The number of carbonyl (C=O) groups is 1. The van der Waals surface area contributed by atoms with E-state index in [1.165, 1.54) is 0 Å². The molecule has 3 aromatic rings. The Morgan fingerprint density at radius 2 is 2.00 bits per heavy atom. The second-order valence-electron chi connectivity index (χ2n) is 4.99. The number of benzene rings is 1. The molecule has 0 radical (unpaired) electrons. The summed E-state index contributed by atoms with van der Waals surface area (Å²) in [6.07, 6.45) is 1.70. The van der Waals surface area contributed by atoms with E-state index in [9.17, 15) is 9.59 Å². The highest BCUT2D eigenvalue weighted by Crippen LogP contribution is 2.13. The number of pyridine rings is 1. The summed E-state index contributed by atoms with van der Waals surface area (Å²) in [4.78, 5) is 27.9. The third-order valence-electron chi connectivity index (χ3n) is 3.29. The van der Waals surface area contributed by atoms with Gasteiger partial charge in [0.1, 0.15) is 5.82 Å². The molecule has 0 unspecified atom stereocenters. The lowest BCUT2D eigenvalue weighted by Gasteiger charge is -2.06. The Morgan fingerprint density at radius 3 is 2.77 bits per heavy atom. The summed E-state index contributed by atoms with van der Waals surface area (Å²) in [5, 5.41) is 10.3. The third-order valence-corrected chi connectivity index (χ3v) is 3.29. The number of amides is 1. The monoisotopic (exact) mass is 294 g/mol. The molecule has 0 saturated carbocycles. The standard InChI is InChI=1S/C16H14N4O2/c1-10-6-7-17-14(8-10)18-15(21)9-13-11-4-2-3-5-12(11)16(22)20-19-13/h2-8H,9H2,1H3,(H,20,22)(H,17,18,21). The number of aromatic nitrogens is 3. The molecule has 0 aliphatic rings. The minimum atomic E-state index is -0.264. The lowest BCUT2D eigenvalue weighted by molar-refractivity contribution is -0.115. The number of rotatable bonds is 3. The first-order chi connectivity index (χ1) is 10.6. The van der Waals surface area contributed by atoms with Gasteiger partial charge in [-0.2, -0.15) is 5.10 Å². The van der Waals surface area contributed by atoms with Crippen LogP contribution in [0.2, 0.25) is 0 Å². The maximum absolute atomic E-state index is 12.1. The quantitative estimate of drug-likeness (QED) is 0.771. The van der Waals surface area contributed by atoms with Crippen LogP contribution in [0, 0.1) is 6.92 Å². The van der Waals surface area contributed by atoms with Gasteiger partial charge in [-0.05, 0) is 30.7 Å². The van der Waals surface area contributed by atoms with Crippen LogP contribution >= 0.6 is 0 Å². The molecular weight excluding hydrogens is 280 g/mol. The number of hydrogen-bond donors (Lipinski definition) is 2. The summed E-state index contributed by atoms with van der Waals surface area (Å²) in [7, 11) is 0. The fourth-order valence-corrected chi connectivity index (χ4v) is 2.25. The van der Waals surface area contributed by atoms with Gasteiger partial charge < -0.3 is 5.32 Å². The largest absolute Gasteiger partial charge is 0.310 e. The summed E-state index contributed by atoms with van der Waals surface area (Å²) in [5.74, 6) is 0.265. The third kappa shape index (κ3) is 2.85. The summed E-state index contributed by atoms with van der Waals surface area (Å²) in [5.41, 5.74) is 1.28. The Morgan fingerprint density at radius 1 is 1.23 bits per heavy atom. The van der Waals surface area contributed by atoms with Crippen molar-refractivity contribution in [3.05, 3.63) is 64.2 Å². The molecule has 22 heavy (non-hydrogen) atoms. The molecule has 0 atom stereocenters. The normalized spacial score (nSPS) is 10.6. The Bertz CT molecular complexity index is 902. The van der Waals surface area contributed by atoms with Crippen molar-refractivity contribution < 1.29 is 4.79 Å². The van der Waals surface area contributed by atoms with Crippen molar-refractivity contribution in [2.75, 3.05) is 5.32 Å². The summed E-state index contributed by atoms with van der Waals surface area (Å²) >= 11 is 0. The van der Waals surface area contributed by atoms with Gasteiger partial charge in [-0.25, -0.2) is 10.1 Å². The Kier molecular flexibility index (Phi) is 3.65. The van der Waals surface area contributed by atoms with Gasteiger partial charge in [-0.1, -0.05) is 18.2 Å². The van der Waals surface area contributed by atoms with Crippen molar-refractivity contribution >= 4 is 22.5 Å². The number of nitrogens with one attached hydrogen (secondary N) is 2. The average Bonchev–Trinajstić information content (AvgIpc) is 2.50. The first kappa shape index (κ1) is 13.9. The number of aromatic amines is 1. The van der Waals surface area contributed by atoms with Crippen LogP contribution in [0.5, 0.6) is 0 Å². The molecule has 6 heteroatoms. The van der Waals surface area contributed by atoms with Gasteiger partial charge in [0.15, 0.2) is 0 Å². The van der Waals surface area contributed by atoms with Crippen LogP contribution in [0.4, 0.5) is 5.82 Å². The zero-order chi connectivity index (χ0) is 15.5. The number of hydrogen-bond acceptors (Lipinski definition) is 4. The van der Waals surface area contributed by atoms with E-state index in [1.807, 2.05) is 19.1 Å². The molecule has 2 aromatic heterocycles. The minimum absolute atomic E-state index is 0.0624. The fraction of sp³-hybridized carbons (Fsp3) is 0.125. The molecule has 0 saturated heterocycles. The number of nitrogens with zero attached hydrogens (tertiary/aromatic N) is 2. The Balaban J connectivity index is 1.86. The number of H-pyrrole nitrogens is 1. The molecule has 0 aliphatic carbocycles. The zero-order valence-electron chi connectivity index (χ0n) is 12.0. The summed E-state index contributed by atoms with van der Waals surface area (Å²) in [6, 6.07) is 10.7. The molecule has 0 bridgehead atoms. The molecular formula is C16H14N4O2. The van der Waals surface area contributed by atoms with Crippen molar-refractivity contribution in [1.82, 2.24) is 15.2 Å². The molecule has 2 heterocycles. The molecule has 1 aromatic carbocycles. The van der Waals surface area contributed by atoms with Crippen LogP contribution in [-0.4, -0.2) is 21.1 Å². The highest BCUT2D eigenvalue weighted by Gasteiger charge is 2.11. The van der Waals surface area contributed by atoms with Crippen LogP contribution in [0.1, 0.15) is 11.3 Å². The predicted octanol–water partition coefficient (Wildman–Crippen LogP) is 1.81. The molecule has 1 amide bonds. The first-order valence-electron chi connectivity index (χ1n) is 6.82. The molecule has 3 rings (SSSR count). The van der Waals surface area contributed by atoms with Crippen molar-refractivity contribution in [3.63, 3.8) is 0 Å². The van der Waals surface area contributed by atoms with E-state index < -0.39 is 0 Å². The maximum atomic E-state index is 12.1. The van der Waals surface area contributed by atoms with Gasteiger partial charge >= 0.3 is 0 Å². The molecule has 0 aliphatic heterocycles. The molecule has 2 N–H and O–H groups in total. The SMILES string of the molecule is Cc1ccnc(NC(=O)Cc2n[nH]c(=O)c3ccccc23)c1. The zero-order valence-corrected chi connectivity index (χ0v) is 12.0. The van der Waals surface area contributed by atoms with E-state index in [1.54, 1.807) is 30.5 Å². The van der Waals surface area contributed by atoms with Crippen molar-refractivity contribution in [1.29, 1.82) is 0 Å². The lowest BCUT2D eigenvalue weighted by atomic mass is 10.1. The molecule has 0 fully saturated rings. The van der Waals surface area contributed by atoms with Crippen molar-refractivity contribution in [2.45, 2.75) is 13.3 Å². The first-order valence-corrected chi connectivity index (χ1v) is 6.82.